The van der Waals surface area contributed by atoms with Crippen molar-refractivity contribution < 1.29 is 23.8 Å². The van der Waals surface area contributed by atoms with E-state index in [1.54, 1.807) is 19.1 Å². The number of ether oxygens (including phenoxy) is 1. The van der Waals surface area contributed by atoms with Gasteiger partial charge in [-0.1, -0.05) is 0 Å². The van der Waals surface area contributed by atoms with E-state index in [2.05, 4.69) is 5.32 Å². The maximum atomic E-state index is 13.4. The number of carbonyl (C=O) groups is 2. The van der Waals surface area contributed by atoms with Crippen LogP contribution in [0.15, 0.2) is 42.5 Å². The van der Waals surface area contributed by atoms with Gasteiger partial charge in [0.2, 0.25) is 0 Å². The molecule has 1 heterocycles. The molecule has 2 amide bonds. The van der Waals surface area contributed by atoms with Gasteiger partial charge in [-0.15, -0.1) is 12.4 Å². The van der Waals surface area contributed by atoms with Crippen molar-refractivity contribution >= 4 is 41.4 Å². The van der Waals surface area contributed by atoms with E-state index in [-0.39, 0.29) is 31.4 Å². The number of nitrogens with two attached hydrogens (primary N) is 1. The Balaban J connectivity index is 0.00000320. The standard InChI is InChI=1S/C20H21FN4O4.ClH/c1-11-10-13(21)4-7-15(11)25-8-9-29-17(20(25)28)16(26)19(27)24-14-5-2-12(3-6-14)18(22)23;/h2-7,10,16-17,26H,8-9H2,1H3,(H3,22,23)(H,24,27);1H/t16-,17-;/m1./s1. The van der Waals surface area contributed by atoms with E-state index < -0.39 is 29.8 Å². The number of hydrogen-bond donors (Lipinski definition) is 4. The van der Waals surface area contributed by atoms with Crippen molar-refractivity contribution in [3.63, 3.8) is 0 Å². The lowest BCUT2D eigenvalue weighted by Gasteiger charge is -2.34. The number of benzene rings is 2. The molecule has 1 aliphatic heterocycles. The number of aryl methyl sites for hydroxylation is 1. The predicted octanol–water partition coefficient (Wildman–Crippen LogP) is 1.57. The van der Waals surface area contributed by atoms with E-state index in [4.69, 9.17) is 15.9 Å². The van der Waals surface area contributed by atoms with Crippen LogP contribution in [0.4, 0.5) is 15.8 Å². The summed E-state index contributed by atoms with van der Waals surface area (Å²) in [5, 5.41) is 20.3. The van der Waals surface area contributed by atoms with Gasteiger partial charge in [0.05, 0.1) is 6.61 Å². The third kappa shape index (κ3) is 4.93. The van der Waals surface area contributed by atoms with Gasteiger partial charge in [0, 0.05) is 23.5 Å². The number of nitrogens with one attached hydrogen (secondary N) is 2. The van der Waals surface area contributed by atoms with Crippen LogP contribution in [-0.2, 0) is 14.3 Å². The maximum absolute atomic E-state index is 13.4. The van der Waals surface area contributed by atoms with Gasteiger partial charge in [0.1, 0.15) is 11.7 Å². The Morgan fingerprint density at radius 1 is 1.33 bits per heavy atom. The number of carbonyl (C=O) groups excluding carboxylic acids is 2. The van der Waals surface area contributed by atoms with Crippen LogP contribution in [0.5, 0.6) is 0 Å². The fraction of sp³-hybridized carbons (Fsp3) is 0.250. The number of nitrogen functional groups attached to an aromatic ring is 1. The molecule has 30 heavy (non-hydrogen) atoms. The van der Waals surface area contributed by atoms with Gasteiger partial charge in [-0.2, -0.15) is 0 Å². The summed E-state index contributed by atoms with van der Waals surface area (Å²) in [5.41, 5.74) is 7.29. The molecule has 3 rings (SSSR count). The van der Waals surface area contributed by atoms with Crippen molar-refractivity contribution in [1.29, 1.82) is 5.41 Å². The molecule has 1 aliphatic rings. The van der Waals surface area contributed by atoms with Crippen LogP contribution in [0.25, 0.3) is 0 Å². The molecule has 2 aromatic rings. The van der Waals surface area contributed by atoms with Gasteiger partial charge >= 0.3 is 0 Å². The molecule has 1 fully saturated rings. The average Bonchev–Trinajstić information content (AvgIpc) is 2.68. The van der Waals surface area contributed by atoms with Crippen molar-refractivity contribution in [2.45, 2.75) is 19.1 Å². The topological polar surface area (TPSA) is 129 Å². The second-order valence-corrected chi connectivity index (χ2v) is 6.64. The number of aliphatic hydroxyl groups excluding tert-OH is 1. The second-order valence-electron chi connectivity index (χ2n) is 6.64. The lowest BCUT2D eigenvalue weighted by Crippen LogP contribution is -2.55. The van der Waals surface area contributed by atoms with E-state index in [0.29, 0.717) is 22.5 Å². The lowest BCUT2D eigenvalue weighted by atomic mass is 10.1. The number of amides is 2. The summed E-state index contributed by atoms with van der Waals surface area (Å²) in [4.78, 5) is 26.6. The van der Waals surface area contributed by atoms with E-state index in [9.17, 15) is 19.1 Å². The van der Waals surface area contributed by atoms with Gasteiger partial charge < -0.3 is 25.8 Å². The molecule has 160 valence electrons. The number of rotatable bonds is 5. The highest BCUT2D eigenvalue weighted by atomic mass is 35.5. The number of hydrogen-bond acceptors (Lipinski definition) is 5. The zero-order chi connectivity index (χ0) is 21.1. The van der Waals surface area contributed by atoms with Crippen LogP contribution < -0.4 is 16.0 Å². The van der Waals surface area contributed by atoms with Gasteiger partial charge in [-0.25, -0.2) is 4.39 Å². The van der Waals surface area contributed by atoms with Crippen LogP contribution in [-0.4, -0.2) is 48.1 Å². The Morgan fingerprint density at radius 3 is 2.60 bits per heavy atom. The first-order valence-corrected chi connectivity index (χ1v) is 8.90. The number of morpholine rings is 1. The summed E-state index contributed by atoms with van der Waals surface area (Å²) < 4.78 is 18.7. The summed E-state index contributed by atoms with van der Waals surface area (Å²) in [7, 11) is 0. The zero-order valence-corrected chi connectivity index (χ0v) is 16.9. The Bertz CT molecular complexity index is 954. The molecule has 0 spiro atoms. The first-order chi connectivity index (χ1) is 13.8. The van der Waals surface area contributed by atoms with Crippen molar-refractivity contribution in [1.82, 2.24) is 0 Å². The highest BCUT2D eigenvalue weighted by Gasteiger charge is 2.39. The first-order valence-electron chi connectivity index (χ1n) is 8.90. The summed E-state index contributed by atoms with van der Waals surface area (Å²) in [6, 6.07) is 10.2. The second kappa shape index (κ2) is 9.66. The molecule has 2 aromatic carbocycles. The highest BCUT2D eigenvalue weighted by molar-refractivity contribution is 6.04. The van der Waals surface area contributed by atoms with Crippen molar-refractivity contribution in [3.8, 4) is 0 Å². The van der Waals surface area contributed by atoms with Gasteiger partial charge in [0.25, 0.3) is 11.8 Å². The Morgan fingerprint density at radius 2 is 2.00 bits per heavy atom. The van der Waals surface area contributed by atoms with Crippen molar-refractivity contribution in [3.05, 3.63) is 59.4 Å². The number of halogens is 2. The summed E-state index contributed by atoms with van der Waals surface area (Å²) in [6.07, 6.45) is -3.12. The number of anilines is 2. The van der Waals surface area contributed by atoms with E-state index in [0.717, 1.165) is 0 Å². The molecule has 0 unspecified atom stereocenters. The minimum absolute atomic E-state index is 0. The molecule has 0 aromatic heterocycles. The van der Waals surface area contributed by atoms with Crippen LogP contribution in [0.3, 0.4) is 0 Å². The minimum atomic E-state index is -1.74. The van der Waals surface area contributed by atoms with Crippen molar-refractivity contribution in [2.75, 3.05) is 23.4 Å². The van der Waals surface area contributed by atoms with E-state index in [1.807, 2.05) is 0 Å². The molecule has 0 radical (unpaired) electrons. The summed E-state index contributed by atoms with van der Waals surface area (Å²) >= 11 is 0. The molecule has 8 nitrogen and oxygen atoms in total. The number of nitrogens with zero attached hydrogens (tertiary/aromatic N) is 1. The quantitative estimate of drug-likeness (QED) is 0.417. The van der Waals surface area contributed by atoms with Gasteiger partial charge in [-0.3, -0.25) is 15.0 Å². The number of aliphatic hydroxyl groups is 1. The summed E-state index contributed by atoms with van der Waals surface area (Å²) in [5.74, 6) is -1.92. The largest absolute Gasteiger partial charge is 0.384 e. The molecule has 0 aliphatic carbocycles. The monoisotopic (exact) mass is 436 g/mol. The van der Waals surface area contributed by atoms with Crippen LogP contribution in [0, 0.1) is 18.2 Å². The molecular formula is C20H22ClFN4O4. The van der Waals surface area contributed by atoms with Gasteiger partial charge in [0.15, 0.2) is 12.2 Å². The molecule has 0 saturated carbocycles. The first kappa shape index (κ1) is 23.3. The smallest absolute Gasteiger partial charge is 0.259 e. The van der Waals surface area contributed by atoms with Crippen LogP contribution >= 0.6 is 12.4 Å². The normalized spacial score (nSPS) is 17.1. The maximum Gasteiger partial charge on any atom is 0.259 e. The Labute approximate surface area is 178 Å². The SMILES string of the molecule is Cc1cc(F)ccc1N1CCO[C@H]([C@@H](O)C(=O)Nc2ccc(C(=N)N)cc2)C1=O.Cl. The number of amidine groups is 1. The fourth-order valence-electron chi connectivity index (χ4n) is 3.08. The lowest BCUT2D eigenvalue weighted by molar-refractivity contribution is -0.150. The fourth-order valence-corrected chi connectivity index (χ4v) is 3.08. The Kier molecular flexibility index (Phi) is 7.49. The Hall–Kier alpha value is -3.01. The molecule has 2 atom stereocenters. The molecule has 1 saturated heterocycles. The van der Waals surface area contributed by atoms with Gasteiger partial charge in [-0.05, 0) is 55.0 Å². The minimum Gasteiger partial charge on any atom is -0.384 e. The van der Waals surface area contributed by atoms with E-state index >= 15 is 0 Å². The van der Waals surface area contributed by atoms with Crippen LogP contribution in [0.2, 0.25) is 0 Å². The average molecular weight is 437 g/mol. The highest BCUT2D eigenvalue weighted by Crippen LogP contribution is 2.25. The molecule has 10 heteroatoms. The van der Waals surface area contributed by atoms with Crippen LogP contribution in [0.1, 0.15) is 11.1 Å². The van der Waals surface area contributed by atoms with E-state index in [1.165, 1.54) is 35.2 Å². The predicted molar refractivity (Wildman–Crippen MR) is 113 cm³/mol. The third-order valence-electron chi connectivity index (χ3n) is 4.59. The third-order valence-corrected chi connectivity index (χ3v) is 4.59. The zero-order valence-electron chi connectivity index (χ0n) is 16.1. The van der Waals surface area contributed by atoms with Crippen molar-refractivity contribution in [2.24, 2.45) is 5.73 Å². The molecule has 0 bridgehead atoms. The molecular weight excluding hydrogens is 415 g/mol. The summed E-state index contributed by atoms with van der Waals surface area (Å²) in [6.45, 7) is 2.01. The molecule has 5 N–H and O–H groups in total.